The van der Waals surface area contributed by atoms with E-state index in [0.29, 0.717) is 17.4 Å². The van der Waals surface area contributed by atoms with E-state index in [4.69, 9.17) is 4.52 Å². The van der Waals surface area contributed by atoms with Crippen molar-refractivity contribution in [3.05, 3.63) is 23.7 Å². The summed E-state index contributed by atoms with van der Waals surface area (Å²) in [5.74, 6) is 2.71. The Hall–Kier alpha value is -2.11. The first kappa shape index (κ1) is 15.4. The van der Waals surface area contributed by atoms with E-state index < -0.39 is 0 Å². The van der Waals surface area contributed by atoms with Crippen molar-refractivity contribution in [1.82, 2.24) is 20.3 Å². The molecule has 0 radical (unpaired) electrons. The summed E-state index contributed by atoms with van der Waals surface area (Å²) < 4.78 is 7.13. The Bertz CT molecular complexity index is 763. The van der Waals surface area contributed by atoms with E-state index in [9.17, 15) is 4.79 Å². The zero-order valence-electron chi connectivity index (χ0n) is 14.5. The third kappa shape index (κ3) is 2.54. The SMILES string of the molecule is Cc1c(-c2cc(C(=O)N[C@H](C)[C@H]3C[C@H]4CC[C@H]3C4)no2)cnn1C. The molecule has 0 aliphatic heterocycles. The lowest BCUT2D eigenvalue weighted by Gasteiger charge is -2.28. The molecule has 6 nitrogen and oxygen atoms in total. The topological polar surface area (TPSA) is 73.0 Å². The number of nitrogens with one attached hydrogen (secondary N) is 1. The van der Waals surface area contributed by atoms with Gasteiger partial charge in [0.25, 0.3) is 5.91 Å². The highest BCUT2D eigenvalue weighted by molar-refractivity contribution is 5.93. The third-order valence-corrected chi connectivity index (χ3v) is 6.04. The van der Waals surface area contributed by atoms with Crippen molar-refractivity contribution in [3.8, 4) is 11.3 Å². The van der Waals surface area contributed by atoms with Gasteiger partial charge in [0.05, 0.1) is 11.8 Å². The van der Waals surface area contributed by atoms with Crippen molar-refractivity contribution >= 4 is 5.91 Å². The van der Waals surface area contributed by atoms with Gasteiger partial charge in [0.1, 0.15) is 0 Å². The molecule has 128 valence electrons. The minimum absolute atomic E-state index is 0.151. The van der Waals surface area contributed by atoms with Crippen LogP contribution in [0.25, 0.3) is 11.3 Å². The van der Waals surface area contributed by atoms with Crippen molar-refractivity contribution in [2.75, 3.05) is 0 Å². The maximum Gasteiger partial charge on any atom is 0.273 e. The molecule has 2 bridgehead atoms. The van der Waals surface area contributed by atoms with Crippen LogP contribution in [-0.4, -0.2) is 26.9 Å². The normalized spacial score (nSPS) is 26.7. The van der Waals surface area contributed by atoms with Gasteiger partial charge in [-0.25, -0.2) is 0 Å². The molecule has 2 aromatic heterocycles. The number of carbonyl (C=O) groups is 1. The van der Waals surface area contributed by atoms with Gasteiger partial charge < -0.3 is 9.84 Å². The minimum atomic E-state index is -0.151. The van der Waals surface area contributed by atoms with E-state index in [-0.39, 0.29) is 11.9 Å². The number of hydrogen-bond acceptors (Lipinski definition) is 4. The van der Waals surface area contributed by atoms with Crippen LogP contribution in [0.5, 0.6) is 0 Å². The Morgan fingerprint density at radius 3 is 2.88 bits per heavy atom. The van der Waals surface area contributed by atoms with Crippen molar-refractivity contribution in [1.29, 1.82) is 0 Å². The average molecular weight is 328 g/mol. The van der Waals surface area contributed by atoms with Crippen LogP contribution in [-0.2, 0) is 7.05 Å². The molecule has 2 fully saturated rings. The van der Waals surface area contributed by atoms with Crippen molar-refractivity contribution in [2.45, 2.75) is 45.6 Å². The van der Waals surface area contributed by atoms with Gasteiger partial charge in [-0.3, -0.25) is 9.48 Å². The lowest BCUT2D eigenvalue weighted by molar-refractivity contribution is 0.0906. The zero-order valence-corrected chi connectivity index (χ0v) is 14.5. The Morgan fingerprint density at radius 1 is 1.42 bits per heavy atom. The van der Waals surface area contributed by atoms with Crippen LogP contribution in [0.15, 0.2) is 16.8 Å². The average Bonchev–Trinajstić information content (AvgIpc) is 3.32. The first-order chi connectivity index (χ1) is 11.5. The number of fused-ring (bicyclic) bond motifs is 2. The molecular weight excluding hydrogens is 304 g/mol. The molecule has 6 heteroatoms. The Kier molecular flexibility index (Phi) is 3.70. The molecule has 2 aliphatic rings. The van der Waals surface area contributed by atoms with Gasteiger partial charge in [0.2, 0.25) is 0 Å². The number of rotatable bonds is 4. The third-order valence-electron chi connectivity index (χ3n) is 6.04. The summed E-state index contributed by atoms with van der Waals surface area (Å²) in [5, 5.41) is 11.3. The molecule has 0 saturated heterocycles. The predicted octanol–water partition coefficient (Wildman–Crippen LogP) is 2.94. The second kappa shape index (κ2) is 5.76. The van der Waals surface area contributed by atoms with E-state index in [1.54, 1.807) is 16.9 Å². The van der Waals surface area contributed by atoms with Crippen LogP contribution in [0.3, 0.4) is 0 Å². The summed E-state index contributed by atoms with van der Waals surface area (Å²) in [7, 11) is 1.87. The van der Waals surface area contributed by atoms with Crippen molar-refractivity contribution in [3.63, 3.8) is 0 Å². The molecule has 4 rings (SSSR count). The molecule has 1 amide bonds. The van der Waals surface area contributed by atoms with Crippen LogP contribution < -0.4 is 5.32 Å². The highest BCUT2D eigenvalue weighted by Crippen LogP contribution is 2.49. The fourth-order valence-corrected chi connectivity index (χ4v) is 4.54. The van der Waals surface area contributed by atoms with Crippen LogP contribution in [0.1, 0.15) is 48.8 Å². The fraction of sp³-hybridized carbons (Fsp3) is 0.611. The Labute approximate surface area is 141 Å². The minimum Gasteiger partial charge on any atom is -0.355 e. The molecule has 2 aromatic rings. The zero-order chi connectivity index (χ0) is 16.8. The smallest absolute Gasteiger partial charge is 0.273 e. The van der Waals surface area contributed by atoms with Gasteiger partial charge in [0.15, 0.2) is 11.5 Å². The van der Waals surface area contributed by atoms with Gasteiger partial charge in [0, 0.05) is 24.8 Å². The Morgan fingerprint density at radius 2 is 2.25 bits per heavy atom. The Balaban J connectivity index is 1.44. The van der Waals surface area contributed by atoms with Gasteiger partial charge in [-0.2, -0.15) is 5.10 Å². The second-order valence-electron chi connectivity index (χ2n) is 7.44. The summed E-state index contributed by atoms with van der Waals surface area (Å²) in [5.41, 5.74) is 2.18. The quantitative estimate of drug-likeness (QED) is 0.936. The van der Waals surface area contributed by atoms with E-state index in [1.807, 2.05) is 14.0 Å². The lowest BCUT2D eigenvalue weighted by Crippen LogP contribution is -2.40. The van der Waals surface area contributed by atoms with Crippen LogP contribution >= 0.6 is 0 Å². The lowest BCUT2D eigenvalue weighted by atomic mass is 9.84. The largest absolute Gasteiger partial charge is 0.355 e. The second-order valence-corrected chi connectivity index (χ2v) is 7.44. The maximum absolute atomic E-state index is 12.5. The molecular formula is C18H24N4O2. The standard InChI is InChI=1S/C18H24N4O2/c1-10(14-7-12-4-5-13(14)6-12)20-18(23)16-8-17(24-21-16)15-9-19-22(3)11(15)2/h8-10,12-14H,4-7H2,1-3H3,(H,20,23)/t10-,12+,13+,14-/m1/s1. The van der Waals surface area contributed by atoms with Crippen LogP contribution in [0.2, 0.25) is 0 Å². The molecule has 1 N–H and O–H groups in total. The number of hydrogen-bond donors (Lipinski definition) is 1. The molecule has 0 aromatic carbocycles. The molecule has 2 aliphatic carbocycles. The molecule has 0 spiro atoms. The molecule has 2 heterocycles. The van der Waals surface area contributed by atoms with Crippen LogP contribution in [0, 0.1) is 24.7 Å². The van der Waals surface area contributed by atoms with E-state index in [1.165, 1.54) is 25.7 Å². The van der Waals surface area contributed by atoms with E-state index >= 15 is 0 Å². The van der Waals surface area contributed by atoms with Gasteiger partial charge in [-0.05, 0) is 50.9 Å². The van der Waals surface area contributed by atoms with Gasteiger partial charge in [-0.15, -0.1) is 0 Å². The van der Waals surface area contributed by atoms with Gasteiger partial charge in [-0.1, -0.05) is 11.6 Å². The summed E-state index contributed by atoms with van der Waals surface area (Å²) in [6, 6.07) is 1.89. The maximum atomic E-state index is 12.5. The number of aryl methyl sites for hydroxylation is 1. The highest BCUT2D eigenvalue weighted by atomic mass is 16.5. The number of nitrogens with zero attached hydrogens (tertiary/aromatic N) is 3. The molecule has 0 unspecified atom stereocenters. The summed E-state index contributed by atoms with van der Waals surface area (Å²) >= 11 is 0. The van der Waals surface area contributed by atoms with E-state index in [0.717, 1.165) is 23.1 Å². The van der Waals surface area contributed by atoms with E-state index in [2.05, 4.69) is 22.5 Å². The van der Waals surface area contributed by atoms with Crippen LogP contribution in [0.4, 0.5) is 0 Å². The first-order valence-electron chi connectivity index (χ1n) is 8.79. The molecule has 24 heavy (non-hydrogen) atoms. The summed E-state index contributed by atoms with van der Waals surface area (Å²) in [6.07, 6.45) is 7.03. The number of amides is 1. The predicted molar refractivity (Wildman–Crippen MR) is 89.3 cm³/mol. The molecule has 2 saturated carbocycles. The van der Waals surface area contributed by atoms with Crippen molar-refractivity contribution < 1.29 is 9.32 Å². The summed E-state index contributed by atoms with van der Waals surface area (Å²) in [6.45, 7) is 4.08. The first-order valence-corrected chi connectivity index (χ1v) is 8.79. The number of carbonyl (C=O) groups excluding carboxylic acids is 1. The molecule has 4 atom stereocenters. The highest BCUT2D eigenvalue weighted by Gasteiger charge is 2.42. The monoisotopic (exact) mass is 328 g/mol. The summed E-state index contributed by atoms with van der Waals surface area (Å²) in [4.78, 5) is 12.5. The van der Waals surface area contributed by atoms with Gasteiger partial charge >= 0.3 is 0 Å². The van der Waals surface area contributed by atoms with Crippen molar-refractivity contribution in [2.24, 2.45) is 24.8 Å². The number of aromatic nitrogens is 3. The fourth-order valence-electron chi connectivity index (χ4n) is 4.54.